The number of carbonyl (C=O) groups excluding carboxylic acids is 1. The minimum atomic E-state index is 0.0587. The normalized spacial score (nSPS) is 10.7. The molecule has 0 saturated heterocycles. The van der Waals surface area contributed by atoms with Crippen LogP contribution in [0.2, 0.25) is 0 Å². The molecule has 1 aromatic heterocycles. The first-order valence-corrected chi connectivity index (χ1v) is 7.39. The lowest BCUT2D eigenvalue weighted by molar-refractivity contribution is 0.101. The largest absolute Gasteiger partial charge is 0.398 e. The minimum Gasteiger partial charge on any atom is -0.398 e. The minimum absolute atomic E-state index is 0.0587. The van der Waals surface area contributed by atoms with Crippen molar-refractivity contribution in [2.45, 2.75) is 16.8 Å². The van der Waals surface area contributed by atoms with E-state index in [1.54, 1.807) is 6.92 Å². The van der Waals surface area contributed by atoms with Crippen LogP contribution in [0.1, 0.15) is 17.3 Å². The lowest BCUT2D eigenvalue weighted by Gasteiger charge is -2.06. The standard InChI is InChI=1S/C17H14N2OS/c1-11(20)12-5-4-6-13(9-12)21-17-10-15(18)14-7-2-3-8-16(14)19-17/h2-10H,1H3,(H2,18,19). The number of fused-ring (bicyclic) bond motifs is 1. The Bertz CT molecular complexity index is 830. The van der Waals surface area contributed by atoms with Crippen LogP contribution >= 0.6 is 11.8 Å². The molecule has 3 aromatic rings. The number of hydrogen-bond donors (Lipinski definition) is 1. The van der Waals surface area contributed by atoms with Crippen LogP contribution in [0.5, 0.6) is 0 Å². The van der Waals surface area contributed by atoms with Gasteiger partial charge in [-0.25, -0.2) is 4.98 Å². The maximum absolute atomic E-state index is 11.4. The van der Waals surface area contributed by atoms with E-state index in [1.165, 1.54) is 11.8 Å². The molecule has 0 aliphatic heterocycles. The Hall–Kier alpha value is -2.33. The first kappa shape index (κ1) is 13.6. The van der Waals surface area contributed by atoms with Crippen LogP contribution in [-0.4, -0.2) is 10.8 Å². The van der Waals surface area contributed by atoms with E-state index in [-0.39, 0.29) is 5.78 Å². The van der Waals surface area contributed by atoms with Gasteiger partial charge in [-0.15, -0.1) is 0 Å². The van der Waals surface area contributed by atoms with Crippen molar-refractivity contribution in [3.05, 3.63) is 60.2 Å². The SMILES string of the molecule is CC(=O)c1cccc(Sc2cc(N)c3ccccc3n2)c1. The summed E-state index contributed by atoms with van der Waals surface area (Å²) in [6.45, 7) is 1.57. The first-order chi connectivity index (χ1) is 10.1. The fourth-order valence-corrected chi connectivity index (χ4v) is 3.03. The fraction of sp³-hybridized carbons (Fsp3) is 0.0588. The zero-order valence-corrected chi connectivity index (χ0v) is 12.4. The van der Waals surface area contributed by atoms with Crippen LogP contribution in [-0.2, 0) is 0 Å². The zero-order valence-electron chi connectivity index (χ0n) is 11.5. The first-order valence-electron chi connectivity index (χ1n) is 6.57. The van der Waals surface area contributed by atoms with E-state index >= 15 is 0 Å². The van der Waals surface area contributed by atoms with Crippen LogP contribution in [0.25, 0.3) is 10.9 Å². The van der Waals surface area contributed by atoms with E-state index in [0.717, 1.165) is 20.8 Å². The highest BCUT2D eigenvalue weighted by Gasteiger charge is 2.06. The number of ketones is 1. The quantitative estimate of drug-likeness (QED) is 0.737. The van der Waals surface area contributed by atoms with E-state index in [4.69, 9.17) is 5.73 Å². The molecule has 0 radical (unpaired) electrons. The number of anilines is 1. The lowest BCUT2D eigenvalue weighted by Crippen LogP contribution is -1.93. The molecule has 4 heteroatoms. The van der Waals surface area contributed by atoms with Crippen LogP contribution in [0.15, 0.2) is 64.5 Å². The molecule has 0 bridgehead atoms. The summed E-state index contributed by atoms with van der Waals surface area (Å²) in [7, 11) is 0. The number of nitrogens with two attached hydrogens (primary N) is 1. The number of nitrogens with zero attached hydrogens (tertiary/aromatic N) is 1. The molecule has 0 saturated carbocycles. The van der Waals surface area contributed by atoms with Gasteiger partial charge in [-0.1, -0.05) is 42.1 Å². The Balaban J connectivity index is 1.98. The van der Waals surface area contributed by atoms with Crippen molar-refractivity contribution in [2.24, 2.45) is 0 Å². The molecule has 0 spiro atoms. The molecule has 3 rings (SSSR count). The van der Waals surface area contributed by atoms with Crippen molar-refractivity contribution in [3.63, 3.8) is 0 Å². The van der Waals surface area contributed by atoms with Gasteiger partial charge in [0.1, 0.15) is 5.03 Å². The summed E-state index contributed by atoms with van der Waals surface area (Å²) in [6.07, 6.45) is 0. The smallest absolute Gasteiger partial charge is 0.159 e. The second-order valence-corrected chi connectivity index (χ2v) is 5.85. The summed E-state index contributed by atoms with van der Waals surface area (Å²) in [5.74, 6) is 0.0587. The van der Waals surface area contributed by atoms with Crippen LogP contribution in [0.4, 0.5) is 5.69 Å². The summed E-state index contributed by atoms with van der Waals surface area (Å²) in [5, 5.41) is 1.78. The number of carbonyl (C=O) groups is 1. The Morgan fingerprint density at radius 2 is 1.90 bits per heavy atom. The van der Waals surface area contributed by atoms with Gasteiger partial charge in [0.25, 0.3) is 0 Å². The molecular formula is C17H14N2OS. The molecule has 1 heterocycles. The molecule has 0 unspecified atom stereocenters. The predicted molar refractivity (Wildman–Crippen MR) is 86.7 cm³/mol. The molecule has 104 valence electrons. The third-order valence-corrected chi connectivity index (χ3v) is 4.10. The summed E-state index contributed by atoms with van der Waals surface area (Å²) in [5.41, 5.74) is 8.38. The highest BCUT2D eigenvalue weighted by Crippen LogP contribution is 2.31. The summed E-state index contributed by atoms with van der Waals surface area (Å²) < 4.78 is 0. The number of nitrogen functional groups attached to an aromatic ring is 1. The number of para-hydroxylation sites is 1. The highest BCUT2D eigenvalue weighted by molar-refractivity contribution is 7.99. The maximum atomic E-state index is 11.4. The zero-order chi connectivity index (χ0) is 14.8. The molecule has 0 amide bonds. The highest BCUT2D eigenvalue weighted by atomic mass is 32.2. The number of Topliss-reactive ketones (excluding diaryl/α,β-unsaturated/α-hetero) is 1. The molecule has 3 nitrogen and oxygen atoms in total. The van der Waals surface area contributed by atoms with Crippen molar-refractivity contribution < 1.29 is 4.79 Å². The Labute approximate surface area is 127 Å². The second-order valence-electron chi connectivity index (χ2n) is 4.75. The van der Waals surface area contributed by atoms with Gasteiger partial charge in [0.15, 0.2) is 5.78 Å². The van der Waals surface area contributed by atoms with Gasteiger partial charge in [0, 0.05) is 21.5 Å². The summed E-state index contributed by atoms with van der Waals surface area (Å²) in [6, 6.07) is 17.2. The van der Waals surface area contributed by atoms with Crippen LogP contribution in [0.3, 0.4) is 0 Å². The van der Waals surface area contributed by atoms with E-state index in [9.17, 15) is 4.79 Å². The van der Waals surface area contributed by atoms with Gasteiger partial charge >= 0.3 is 0 Å². The third kappa shape index (κ3) is 2.90. The summed E-state index contributed by atoms with van der Waals surface area (Å²) >= 11 is 1.50. The van der Waals surface area contributed by atoms with Crippen LogP contribution < -0.4 is 5.73 Å². The van der Waals surface area contributed by atoms with Crippen molar-refractivity contribution in [1.82, 2.24) is 4.98 Å². The average molecular weight is 294 g/mol. The number of pyridine rings is 1. The number of aromatic nitrogens is 1. The van der Waals surface area contributed by atoms with E-state index < -0.39 is 0 Å². The molecule has 0 atom stereocenters. The lowest BCUT2D eigenvalue weighted by atomic mass is 10.2. The molecule has 21 heavy (non-hydrogen) atoms. The van der Waals surface area contributed by atoms with Crippen molar-refractivity contribution in [3.8, 4) is 0 Å². The number of hydrogen-bond acceptors (Lipinski definition) is 4. The fourth-order valence-electron chi connectivity index (χ4n) is 2.13. The predicted octanol–water partition coefficient (Wildman–Crippen LogP) is 4.17. The van der Waals surface area contributed by atoms with E-state index in [2.05, 4.69) is 4.98 Å². The molecule has 2 aromatic carbocycles. The van der Waals surface area contributed by atoms with Gasteiger partial charge in [-0.3, -0.25) is 4.79 Å². The maximum Gasteiger partial charge on any atom is 0.159 e. The van der Waals surface area contributed by atoms with Gasteiger partial charge in [0.05, 0.1) is 5.52 Å². The molecular weight excluding hydrogens is 280 g/mol. The molecule has 0 aliphatic rings. The van der Waals surface area contributed by atoms with Crippen molar-refractivity contribution in [1.29, 1.82) is 0 Å². The Morgan fingerprint density at radius 1 is 1.10 bits per heavy atom. The van der Waals surface area contributed by atoms with E-state index in [1.807, 2.05) is 54.6 Å². The van der Waals surface area contributed by atoms with Gasteiger partial charge in [-0.05, 0) is 31.2 Å². The van der Waals surface area contributed by atoms with E-state index in [0.29, 0.717) is 11.3 Å². The summed E-state index contributed by atoms with van der Waals surface area (Å²) in [4.78, 5) is 17.0. The number of benzene rings is 2. The van der Waals surface area contributed by atoms with Gasteiger partial charge in [0.2, 0.25) is 0 Å². The molecule has 0 fully saturated rings. The van der Waals surface area contributed by atoms with Crippen molar-refractivity contribution >= 4 is 34.1 Å². The van der Waals surface area contributed by atoms with Crippen molar-refractivity contribution in [2.75, 3.05) is 5.73 Å². The Kier molecular flexibility index (Phi) is 3.62. The topological polar surface area (TPSA) is 56.0 Å². The molecule has 0 aliphatic carbocycles. The second kappa shape index (κ2) is 5.58. The third-order valence-electron chi connectivity index (χ3n) is 3.19. The number of rotatable bonds is 3. The molecule has 2 N–H and O–H groups in total. The van der Waals surface area contributed by atoms with Gasteiger partial charge in [-0.2, -0.15) is 0 Å². The monoisotopic (exact) mass is 294 g/mol. The Morgan fingerprint density at radius 3 is 2.71 bits per heavy atom. The van der Waals surface area contributed by atoms with Gasteiger partial charge < -0.3 is 5.73 Å². The van der Waals surface area contributed by atoms with Crippen LogP contribution in [0, 0.1) is 0 Å². The average Bonchev–Trinajstić information content (AvgIpc) is 2.47.